The van der Waals surface area contributed by atoms with Crippen LogP contribution >= 0.6 is 0 Å². The molecule has 0 unspecified atom stereocenters. The third-order valence-electron chi connectivity index (χ3n) is 2.30. The van der Waals surface area contributed by atoms with E-state index in [9.17, 15) is 4.79 Å². The first kappa shape index (κ1) is 10.8. The minimum Gasteiger partial charge on any atom is -0.486 e. The predicted octanol–water partition coefficient (Wildman–Crippen LogP) is 2.20. The van der Waals surface area contributed by atoms with Crippen LogP contribution in [0.4, 0.5) is 5.69 Å². The second-order valence-corrected chi connectivity index (χ2v) is 3.66. The van der Waals surface area contributed by atoms with Crippen molar-refractivity contribution in [2.24, 2.45) is 0 Å². The predicted molar refractivity (Wildman–Crippen MR) is 61.0 cm³/mol. The molecule has 1 N–H and O–H groups in total. The summed E-state index contributed by atoms with van der Waals surface area (Å²) in [6.45, 7) is 3.11. The summed E-state index contributed by atoms with van der Waals surface area (Å²) in [6.07, 6.45) is 1.38. The lowest BCUT2D eigenvalue weighted by atomic mass is 10.2. The first-order chi connectivity index (χ1) is 7.79. The van der Waals surface area contributed by atoms with Crippen LogP contribution in [0.1, 0.15) is 19.8 Å². The van der Waals surface area contributed by atoms with Crippen LogP contribution in [-0.2, 0) is 4.79 Å². The number of nitrogens with one attached hydrogen (secondary N) is 1. The van der Waals surface area contributed by atoms with Crippen molar-refractivity contribution < 1.29 is 14.3 Å². The highest BCUT2D eigenvalue weighted by Gasteiger charge is 2.12. The molecule has 0 aromatic heterocycles. The molecule has 4 heteroatoms. The van der Waals surface area contributed by atoms with Gasteiger partial charge in [0.05, 0.1) is 0 Å². The molecule has 0 bridgehead atoms. The molecule has 1 heterocycles. The number of anilines is 1. The van der Waals surface area contributed by atoms with Crippen LogP contribution in [0.15, 0.2) is 18.2 Å². The van der Waals surface area contributed by atoms with Crippen molar-refractivity contribution in [2.75, 3.05) is 18.5 Å². The van der Waals surface area contributed by atoms with E-state index in [0.717, 1.165) is 17.9 Å². The number of carbonyl (C=O) groups is 1. The fourth-order valence-corrected chi connectivity index (χ4v) is 1.57. The maximum atomic E-state index is 11.4. The standard InChI is InChI=1S/C12H15NO3/c1-2-3-12(14)13-9-4-5-10-11(8-9)16-7-6-15-10/h4-5,8H,2-3,6-7H2,1H3,(H,13,14). The minimum atomic E-state index is 0.0270. The molecule has 2 rings (SSSR count). The van der Waals surface area contributed by atoms with Crippen LogP contribution < -0.4 is 14.8 Å². The molecule has 0 aliphatic carbocycles. The van der Waals surface area contributed by atoms with Crippen LogP contribution in [-0.4, -0.2) is 19.1 Å². The summed E-state index contributed by atoms with van der Waals surface area (Å²) in [5.74, 6) is 1.46. The van der Waals surface area contributed by atoms with Crippen molar-refractivity contribution in [3.63, 3.8) is 0 Å². The van der Waals surface area contributed by atoms with Gasteiger partial charge >= 0.3 is 0 Å². The van der Waals surface area contributed by atoms with E-state index in [0.29, 0.717) is 25.4 Å². The van der Waals surface area contributed by atoms with Crippen molar-refractivity contribution in [1.29, 1.82) is 0 Å². The average molecular weight is 221 g/mol. The normalized spacial score (nSPS) is 13.3. The molecule has 1 aromatic carbocycles. The van der Waals surface area contributed by atoms with Crippen molar-refractivity contribution in [3.05, 3.63) is 18.2 Å². The Hall–Kier alpha value is -1.71. The number of carbonyl (C=O) groups excluding carboxylic acids is 1. The molecule has 0 fully saturated rings. The van der Waals surface area contributed by atoms with Crippen LogP contribution in [0, 0.1) is 0 Å². The molecule has 16 heavy (non-hydrogen) atoms. The number of amides is 1. The van der Waals surface area contributed by atoms with Gasteiger partial charge in [-0.15, -0.1) is 0 Å². The molecule has 1 aliphatic heterocycles. The van der Waals surface area contributed by atoms with E-state index in [1.54, 1.807) is 6.07 Å². The number of ether oxygens (including phenoxy) is 2. The minimum absolute atomic E-state index is 0.0270. The Bertz CT molecular complexity index is 390. The van der Waals surface area contributed by atoms with Crippen LogP contribution in [0.25, 0.3) is 0 Å². The molecule has 0 radical (unpaired) electrons. The van der Waals surface area contributed by atoms with Gasteiger partial charge in [-0.3, -0.25) is 4.79 Å². The Balaban J connectivity index is 2.08. The fraction of sp³-hybridized carbons (Fsp3) is 0.417. The summed E-state index contributed by atoms with van der Waals surface area (Å²) in [5, 5.41) is 2.82. The molecule has 0 saturated heterocycles. The summed E-state index contributed by atoms with van der Waals surface area (Å²) in [4.78, 5) is 11.4. The van der Waals surface area contributed by atoms with E-state index >= 15 is 0 Å². The lowest BCUT2D eigenvalue weighted by Gasteiger charge is -2.18. The zero-order valence-corrected chi connectivity index (χ0v) is 9.29. The molecule has 0 saturated carbocycles. The quantitative estimate of drug-likeness (QED) is 0.851. The van der Waals surface area contributed by atoms with Gasteiger partial charge in [0.15, 0.2) is 11.5 Å². The molecular weight excluding hydrogens is 206 g/mol. The van der Waals surface area contributed by atoms with Gasteiger partial charge in [-0.2, -0.15) is 0 Å². The maximum absolute atomic E-state index is 11.4. The maximum Gasteiger partial charge on any atom is 0.224 e. The van der Waals surface area contributed by atoms with E-state index in [1.807, 2.05) is 19.1 Å². The fourth-order valence-electron chi connectivity index (χ4n) is 1.57. The van der Waals surface area contributed by atoms with Gasteiger partial charge in [0.25, 0.3) is 0 Å². The summed E-state index contributed by atoms with van der Waals surface area (Å²) >= 11 is 0. The number of fused-ring (bicyclic) bond motifs is 1. The summed E-state index contributed by atoms with van der Waals surface area (Å²) in [6, 6.07) is 5.43. The topological polar surface area (TPSA) is 47.6 Å². The van der Waals surface area contributed by atoms with E-state index < -0.39 is 0 Å². The van der Waals surface area contributed by atoms with Crippen LogP contribution in [0.2, 0.25) is 0 Å². The monoisotopic (exact) mass is 221 g/mol. The Morgan fingerprint density at radius 1 is 1.31 bits per heavy atom. The van der Waals surface area contributed by atoms with E-state index in [1.165, 1.54) is 0 Å². The largest absolute Gasteiger partial charge is 0.486 e. The highest BCUT2D eigenvalue weighted by Crippen LogP contribution is 2.32. The smallest absolute Gasteiger partial charge is 0.224 e. The zero-order chi connectivity index (χ0) is 11.4. The van der Waals surface area contributed by atoms with Crippen molar-refractivity contribution in [3.8, 4) is 11.5 Å². The van der Waals surface area contributed by atoms with Gasteiger partial charge in [0.2, 0.25) is 5.91 Å². The number of hydrogen-bond acceptors (Lipinski definition) is 3. The van der Waals surface area contributed by atoms with Gasteiger partial charge in [-0.1, -0.05) is 6.92 Å². The molecule has 1 amide bonds. The Morgan fingerprint density at radius 2 is 2.06 bits per heavy atom. The van der Waals surface area contributed by atoms with Gasteiger partial charge in [-0.05, 0) is 18.6 Å². The molecule has 86 valence electrons. The highest BCUT2D eigenvalue weighted by molar-refractivity contribution is 5.91. The van der Waals surface area contributed by atoms with Crippen molar-refractivity contribution >= 4 is 11.6 Å². The van der Waals surface area contributed by atoms with Crippen LogP contribution in [0.5, 0.6) is 11.5 Å². The second kappa shape index (κ2) is 4.88. The van der Waals surface area contributed by atoms with Gasteiger partial charge in [0.1, 0.15) is 13.2 Å². The van der Waals surface area contributed by atoms with Gasteiger partial charge in [-0.25, -0.2) is 0 Å². The lowest BCUT2D eigenvalue weighted by Crippen LogP contribution is -2.16. The second-order valence-electron chi connectivity index (χ2n) is 3.66. The van der Waals surface area contributed by atoms with Crippen molar-refractivity contribution in [1.82, 2.24) is 0 Å². The van der Waals surface area contributed by atoms with Gasteiger partial charge in [0, 0.05) is 18.2 Å². The zero-order valence-electron chi connectivity index (χ0n) is 9.29. The molecule has 0 atom stereocenters. The third-order valence-corrected chi connectivity index (χ3v) is 2.30. The number of rotatable bonds is 3. The Morgan fingerprint density at radius 3 is 2.81 bits per heavy atom. The summed E-state index contributed by atoms with van der Waals surface area (Å²) in [7, 11) is 0. The molecular formula is C12H15NO3. The molecule has 4 nitrogen and oxygen atoms in total. The first-order valence-corrected chi connectivity index (χ1v) is 5.49. The Labute approximate surface area is 94.6 Å². The number of benzene rings is 1. The molecule has 0 spiro atoms. The number of hydrogen-bond donors (Lipinski definition) is 1. The van der Waals surface area contributed by atoms with E-state index in [2.05, 4.69) is 5.32 Å². The van der Waals surface area contributed by atoms with E-state index in [-0.39, 0.29) is 5.91 Å². The first-order valence-electron chi connectivity index (χ1n) is 5.49. The summed E-state index contributed by atoms with van der Waals surface area (Å²) < 4.78 is 10.8. The van der Waals surface area contributed by atoms with Crippen LogP contribution in [0.3, 0.4) is 0 Å². The highest BCUT2D eigenvalue weighted by atomic mass is 16.6. The van der Waals surface area contributed by atoms with E-state index in [4.69, 9.17) is 9.47 Å². The van der Waals surface area contributed by atoms with Crippen molar-refractivity contribution in [2.45, 2.75) is 19.8 Å². The Kier molecular flexibility index (Phi) is 3.29. The van der Waals surface area contributed by atoms with Gasteiger partial charge < -0.3 is 14.8 Å². The SMILES string of the molecule is CCCC(=O)Nc1ccc2c(c1)OCCO2. The summed E-state index contributed by atoms with van der Waals surface area (Å²) in [5.41, 5.74) is 0.753. The molecule has 1 aliphatic rings. The average Bonchev–Trinajstić information content (AvgIpc) is 2.29. The molecule has 1 aromatic rings. The third kappa shape index (κ3) is 2.45. The lowest BCUT2D eigenvalue weighted by molar-refractivity contribution is -0.116.